The second-order valence-electron chi connectivity index (χ2n) is 3.83. The zero-order valence-corrected chi connectivity index (χ0v) is 9.59. The highest BCUT2D eigenvalue weighted by molar-refractivity contribution is 5.85. The summed E-state index contributed by atoms with van der Waals surface area (Å²) in [6.45, 7) is 0. The first-order valence-corrected chi connectivity index (χ1v) is 5.36. The smallest absolute Gasteiger partial charge is 0.271 e. The number of nitro benzene ring substituents is 1. The number of benzene rings is 1. The van der Waals surface area contributed by atoms with Gasteiger partial charge in [0.1, 0.15) is 12.1 Å². The Balaban J connectivity index is 2.22. The number of nitrogens with zero attached hydrogens (tertiary/aromatic N) is 5. The summed E-state index contributed by atoms with van der Waals surface area (Å²) in [5.74, 6) is 0.321. The van der Waals surface area contributed by atoms with Crippen molar-refractivity contribution < 1.29 is 4.92 Å². The number of non-ortho nitro benzene ring substituents is 1. The second kappa shape index (κ2) is 4.02. The van der Waals surface area contributed by atoms with Crippen molar-refractivity contribution in [2.24, 2.45) is 0 Å². The lowest BCUT2D eigenvalue weighted by Gasteiger charge is -2.02. The van der Waals surface area contributed by atoms with Gasteiger partial charge in [-0.15, -0.1) is 0 Å². The van der Waals surface area contributed by atoms with Crippen LogP contribution < -0.4 is 5.73 Å². The monoisotopic (exact) mass is 256 g/mol. The lowest BCUT2D eigenvalue weighted by molar-refractivity contribution is -0.384. The highest BCUT2D eigenvalue weighted by Gasteiger charge is 2.12. The molecule has 0 fully saturated rings. The fourth-order valence-corrected chi connectivity index (χ4v) is 1.79. The fourth-order valence-electron chi connectivity index (χ4n) is 1.79. The van der Waals surface area contributed by atoms with E-state index in [1.165, 1.54) is 29.3 Å². The maximum Gasteiger partial charge on any atom is 0.271 e. The van der Waals surface area contributed by atoms with Crippen LogP contribution in [-0.2, 0) is 0 Å². The van der Waals surface area contributed by atoms with Gasteiger partial charge in [-0.25, -0.2) is 14.6 Å². The van der Waals surface area contributed by atoms with E-state index in [1.807, 2.05) is 0 Å². The van der Waals surface area contributed by atoms with Gasteiger partial charge in [0.2, 0.25) is 0 Å². The van der Waals surface area contributed by atoms with Gasteiger partial charge < -0.3 is 5.73 Å². The molecule has 8 heteroatoms. The number of rotatable bonds is 2. The number of nitrogens with two attached hydrogens (primary N) is 1. The standard InChI is InChI=1S/C11H8N6O2/c12-10-9-5-15-16(11(9)14-6-13-10)7-2-1-3-8(4-7)17(18)19/h1-6H,(H2,12,13,14). The van der Waals surface area contributed by atoms with Crippen LogP contribution in [0.2, 0.25) is 0 Å². The van der Waals surface area contributed by atoms with Crippen molar-refractivity contribution in [1.29, 1.82) is 0 Å². The number of nitro groups is 1. The molecule has 0 spiro atoms. The zero-order valence-electron chi connectivity index (χ0n) is 9.59. The number of aromatic nitrogens is 4. The average molecular weight is 256 g/mol. The molecule has 3 aromatic rings. The van der Waals surface area contributed by atoms with E-state index in [9.17, 15) is 10.1 Å². The minimum atomic E-state index is -0.460. The van der Waals surface area contributed by atoms with Crippen LogP contribution in [0.1, 0.15) is 0 Å². The predicted octanol–water partition coefficient (Wildman–Crippen LogP) is 1.31. The Bertz CT molecular complexity index is 782. The van der Waals surface area contributed by atoms with Crippen molar-refractivity contribution in [3.05, 3.63) is 46.9 Å². The van der Waals surface area contributed by atoms with Gasteiger partial charge in [-0.3, -0.25) is 10.1 Å². The zero-order chi connectivity index (χ0) is 13.4. The Hall–Kier alpha value is -3.03. The Morgan fingerprint density at radius 2 is 2.16 bits per heavy atom. The Kier molecular flexibility index (Phi) is 2.34. The third kappa shape index (κ3) is 1.75. The summed E-state index contributed by atoms with van der Waals surface area (Å²) in [6.07, 6.45) is 2.86. The molecule has 0 amide bonds. The minimum absolute atomic E-state index is 0.0109. The quantitative estimate of drug-likeness (QED) is 0.546. The van der Waals surface area contributed by atoms with Crippen LogP contribution in [0.15, 0.2) is 36.8 Å². The minimum Gasteiger partial charge on any atom is -0.383 e. The summed E-state index contributed by atoms with van der Waals surface area (Å²) in [4.78, 5) is 18.3. The summed E-state index contributed by atoms with van der Waals surface area (Å²) in [6, 6.07) is 6.13. The SMILES string of the molecule is Nc1ncnc2c1cnn2-c1cccc([N+](=O)[O-])c1. The van der Waals surface area contributed by atoms with Crippen LogP contribution in [0.3, 0.4) is 0 Å². The molecule has 0 saturated heterocycles. The van der Waals surface area contributed by atoms with Crippen LogP contribution in [-0.4, -0.2) is 24.7 Å². The molecule has 0 aliphatic carbocycles. The second-order valence-corrected chi connectivity index (χ2v) is 3.83. The molecule has 2 aromatic heterocycles. The molecule has 0 aliphatic rings. The Morgan fingerprint density at radius 3 is 2.95 bits per heavy atom. The van der Waals surface area contributed by atoms with Crippen molar-refractivity contribution in [2.45, 2.75) is 0 Å². The van der Waals surface area contributed by atoms with Crippen LogP contribution in [0.4, 0.5) is 11.5 Å². The molecule has 0 bridgehead atoms. The molecule has 0 saturated carbocycles. The summed E-state index contributed by atoms with van der Waals surface area (Å²) < 4.78 is 1.49. The van der Waals surface area contributed by atoms with E-state index in [0.717, 1.165) is 0 Å². The third-order valence-electron chi connectivity index (χ3n) is 2.68. The van der Waals surface area contributed by atoms with Crippen molar-refractivity contribution in [3.63, 3.8) is 0 Å². The van der Waals surface area contributed by atoms with Gasteiger partial charge in [-0.2, -0.15) is 5.10 Å². The molecule has 0 unspecified atom stereocenters. The largest absolute Gasteiger partial charge is 0.383 e. The van der Waals surface area contributed by atoms with Gasteiger partial charge in [0.25, 0.3) is 5.69 Å². The lowest BCUT2D eigenvalue weighted by atomic mass is 10.3. The molecule has 0 radical (unpaired) electrons. The van der Waals surface area contributed by atoms with Gasteiger partial charge in [0.05, 0.1) is 22.2 Å². The maximum absolute atomic E-state index is 10.8. The molecule has 0 aliphatic heterocycles. The van der Waals surface area contributed by atoms with Gasteiger partial charge >= 0.3 is 0 Å². The molecule has 2 N–H and O–H groups in total. The number of hydrogen-bond donors (Lipinski definition) is 1. The van der Waals surface area contributed by atoms with Crippen molar-refractivity contribution in [3.8, 4) is 5.69 Å². The molecule has 2 heterocycles. The first kappa shape index (κ1) is 11.1. The maximum atomic E-state index is 10.8. The fraction of sp³-hybridized carbons (Fsp3) is 0. The van der Waals surface area contributed by atoms with Crippen molar-refractivity contribution >= 4 is 22.5 Å². The third-order valence-corrected chi connectivity index (χ3v) is 2.68. The summed E-state index contributed by atoms with van der Waals surface area (Å²) in [5.41, 5.74) is 6.75. The Morgan fingerprint density at radius 1 is 1.32 bits per heavy atom. The van der Waals surface area contributed by atoms with E-state index in [2.05, 4.69) is 15.1 Å². The number of anilines is 1. The van der Waals surface area contributed by atoms with Crippen molar-refractivity contribution in [1.82, 2.24) is 19.7 Å². The number of hydrogen-bond acceptors (Lipinski definition) is 6. The number of fused-ring (bicyclic) bond motifs is 1. The molecule has 1 aromatic carbocycles. The molecular weight excluding hydrogens is 248 g/mol. The van der Waals surface area contributed by atoms with Gasteiger partial charge in [-0.05, 0) is 6.07 Å². The normalized spacial score (nSPS) is 10.7. The number of nitrogen functional groups attached to an aromatic ring is 1. The predicted molar refractivity (Wildman–Crippen MR) is 67.7 cm³/mol. The van der Waals surface area contributed by atoms with E-state index in [4.69, 9.17) is 5.73 Å². The molecule has 94 valence electrons. The highest BCUT2D eigenvalue weighted by Crippen LogP contribution is 2.21. The molecule has 3 rings (SSSR count). The topological polar surface area (TPSA) is 113 Å². The Labute approximate surface area is 106 Å². The first-order chi connectivity index (χ1) is 9.16. The van der Waals surface area contributed by atoms with Crippen LogP contribution in [0.25, 0.3) is 16.7 Å². The van der Waals surface area contributed by atoms with E-state index in [0.29, 0.717) is 22.5 Å². The van der Waals surface area contributed by atoms with Crippen LogP contribution in [0, 0.1) is 10.1 Å². The lowest BCUT2D eigenvalue weighted by Crippen LogP contribution is -2.00. The van der Waals surface area contributed by atoms with Crippen LogP contribution in [0.5, 0.6) is 0 Å². The highest BCUT2D eigenvalue weighted by atomic mass is 16.6. The summed E-state index contributed by atoms with van der Waals surface area (Å²) in [5, 5.41) is 15.5. The summed E-state index contributed by atoms with van der Waals surface area (Å²) >= 11 is 0. The van der Waals surface area contributed by atoms with Gasteiger partial charge in [0, 0.05) is 12.1 Å². The van der Waals surface area contributed by atoms with Gasteiger partial charge in [-0.1, -0.05) is 6.07 Å². The van der Waals surface area contributed by atoms with Crippen molar-refractivity contribution in [2.75, 3.05) is 5.73 Å². The van der Waals surface area contributed by atoms with E-state index in [1.54, 1.807) is 12.1 Å². The van der Waals surface area contributed by atoms with Crippen LogP contribution >= 0.6 is 0 Å². The first-order valence-electron chi connectivity index (χ1n) is 5.36. The molecular formula is C11H8N6O2. The average Bonchev–Trinajstić information content (AvgIpc) is 2.84. The summed E-state index contributed by atoms with van der Waals surface area (Å²) in [7, 11) is 0. The van der Waals surface area contributed by atoms with E-state index >= 15 is 0 Å². The van der Waals surface area contributed by atoms with Gasteiger partial charge in [0.15, 0.2) is 5.65 Å². The molecule has 19 heavy (non-hydrogen) atoms. The molecule has 8 nitrogen and oxygen atoms in total. The molecule has 0 atom stereocenters. The van der Waals surface area contributed by atoms with E-state index < -0.39 is 4.92 Å². The van der Waals surface area contributed by atoms with E-state index in [-0.39, 0.29) is 5.69 Å².